The van der Waals surface area contributed by atoms with E-state index in [2.05, 4.69) is 19.1 Å². The highest BCUT2D eigenvalue weighted by molar-refractivity contribution is 5.93. The molecule has 2 aromatic carbocycles. The highest BCUT2D eigenvalue weighted by Gasteiger charge is 2.27. The van der Waals surface area contributed by atoms with Crippen LogP contribution in [-0.4, -0.2) is 49.4 Å². The second kappa shape index (κ2) is 8.46. The molecule has 0 N–H and O–H groups in total. The van der Waals surface area contributed by atoms with Crippen molar-refractivity contribution >= 4 is 11.8 Å². The Labute approximate surface area is 166 Å². The van der Waals surface area contributed by atoms with Gasteiger partial charge in [0.2, 0.25) is 5.91 Å². The van der Waals surface area contributed by atoms with E-state index in [1.807, 2.05) is 35.2 Å². The van der Waals surface area contributed by atoms with Crippen molar-refractivity contribution in [2.45, 2.75) is 32.2 Å². The van der Waals surface area contributed by atoms with Gasteiger partial charge in [0.25, 0.3) is 5.91 Å². The van der Waals surface area contributed by atoms with Crippen LogP contribution in [0.4, 0.5) is 0 Å². The molecule has 1 heterocycles. The van der Waals surface area contributed by atoms with Crippen molar-refractivity contribution in [2.24, 2.45) is 0 Å². The van der Waals surface area contributed by atoms with Crippen LogP contribution >= 0.6 is 0 Å². The lowest BCUT2D eigenvalue weighted by molar-refractivity contribution is -0.133. The Morgan fingerprint density at radius 2 is 1.86 bits per heavy atom. The van der Waals surface area contributed by atoms with Gasteiger partial charge >= 0.3 is 0 Å². The number of fused-ring (bicyclic) bond motifs is 1. The topological polar surface area (TPSA) is 49.9 Å². The van der Waals surface area contributed by atoms with Crippen molar-refractivity contribution in [1.29, 1.82) is 0 Å². The minimum atomic E-state index is -0.0138. The molecule has 0 aliphatic carbocycles. The summed E-state index contributed by atoms with van der Waals surface area (Å²) in [5.41, 5.74) is 4.19. The first kappa shape index (κ1) is 19.9. The van der Waals surface area contributed by atoms with E-state index in [0.717, 1.165) is 24.3 Å². The second-order valence-electron chi connectivity index (χ2n) is 7.47. The summed E-state index contributed by atoms with van der Waals surface area (Å²) >= 11 is 0. The van der Waals surface area contributed by atoms with Gasteiger partial charge in [-0.1, -0.05) is 18.2 Å². The summed E-state index contributed by atoms with van der Waals surface area (Å²) in [5.74, 6) is 1.02. The number of hydrogen-bond acceptors (Lipinski definition) is 3. The van der Waals surface area contributed by atoms with E-state index in [1.165, 1.54) is 11.1 Å². The van der Waals surface area contributed by atoms with Crippen LogP contribution in [0.1, 0.15) is 46.4 Å². The van der Waals surface area contributed by atoms with Crippen LogP contribution in [0, 0.1) is 0 Å². The maximum atomic E-state index is 12.8. The van der Waals surface area contributed by atoms with Crippen LogP contribution < -0.4 is 4.74 Å². The Hall–Kier alpha value is -2.82. The van der Waals surface area contributed by atoms with E-state index < -0.39 is 0 Å². The molecular formula is C23H28N2O3. The van der Waals surface area contributed by atoms with E-state index in [1.54, 1.807) is 26.1 Å². The molecule has 1 atom stereocenters. The number of aryl methyl sites for hydroxylation is 1. The lowest BCUT2D eigenvalue weighted by Crippen LogP contribution is -2.38. The third-order valence-electron chi connectivity index (χ3n) is 5.44. The lowest BCUT2D eigenvalue weighted by Gasteiger charge is -2.35. The molecule has 148 valence electrons. The molecule has 0 radical (unpaired) electrons. The van der Waals surface area contributed by atoms with Crippen molar-refractivity contribution < 1.29 is 14.3 Å². The number of amides is 2. The predicted molar refractivity (Wildman–Crippen MR) is 110 cm³/mol. The molecule has 0 saturated heterocycles. The molecule has 0 aromatic heterocycles. The highest BCUT2D eigenvalue weighted by Crippen LogP contribution is 2.32. The summed E-state index contributed by atoms with van der Waals surface area (Å²) < 4.78 is 5.31. The number of hydrogen-bond donors (Lipinski definition) is 0. The molecule has 2 amide bonds. The van der Waals surface area contributed by atoms with Crippen molar-refractivity contribution in [2.75, 3.05) is 27.7 Å². The van der Waals surface area contributed by atoms with Crippen molar-refractivity contribution in [3.05, 3.63) is 64.7 Å². The van der Waals surface area contributed by atoms with Crippen LogP contribution in [0.25, 0.3) is 0 Å². The van der Waals surface area contributed by atoms with Crippen LogP contribution in [0.3, 0.4) is 0 Å². The van der Waals surface area contributed by atoms with Crippen LogP contribution in [0.15, 0.2) is 42.5 Å². The number of carbonyl (C=O) groups excluding carboxylic acids is 2. The minimum Gasteiger partial charge on any atom is -0.497 e. The van der Waals surface area contributed by atoms with Crippen LogP contribution in [-0.2, 0) is 17.6 Å². The number of rotatable bonds is 5. The third kappa shape index (κ3) is 4.19. The number of nitrogens with zero attached hydrogens (tertiary/aromatic N) is 2. The number of methoxy groups -OCH3 is 1. The average molecular weight is 380 g/mol. The van der Waals surface area contributed by atoms with E-state index in [9.17, 15) is 9.59 Å². The molecule has 1 unspecified atom stereocenters. The zero-order valence-electron chi connectivity index (χ0n) is 17.1. The molecule has 0 bridgehead atoms. The Balaban J connectivity index is 1.61. The average Bonchev–Trinajstić information content (AvgIpc) is 2.71. The van der Waals surface area contributed by atoms with Gasteiger partial charge in [0.15, 0.2) is 0 Å². The molecule has 0 spiro atoms. The standard InChI is InChI=1S/C23H28N2O3/c1-16-21-11-10-20(28-4)15-19(21)13-14-25(16)22(26)12-7-17-5-8-18(9-6-17)23(27)24(2)3/h5-6,8-11,15-16H,7,12-14H2,1-4H3. The van der Waals surface area contributed by atoms with Gasteiger partial charge in [0.1, 0.15) is 5.75 Å². The zero-order valence-corrected chi connectivity index (χ0v) is 17.1. The van der Waals surface area contributed by atoms with Crippen molar-refractivity contribution in [1.82, 2.24) is 9.80 Å². The fourth-order valence-electron chi connectivity index (χ4n) is 3.74. The smallest absolute Gasteiger partial charge is 0.253 e. The first-order chi connectivity index (χ1) is 13.4. The van der Waals surface area contributed by atoms with Gasteiger partial charge in [-0.2, -0.15) is 0 Å². The highest BCUT2D eigenvalue weighted by atomic mass is 16.5. The normalized spacial score (nSPS) is 15.7. The monoisotopic (exact) mass is 380 g/mol. The van der Waals surface area contributed by atoms with Gasteiger partial charge < -0.3 is 14.5 Å². The Morgan fingerprint density at radius 1 is 1.14 bits per heavy atom. The molecule has 0 fully saturated rings. The van der Waals surface area contributed by atoms with Gasteiger partial charge in [-0.05, 0) is 60.7 Å². The summed E-state index contributed by atoms with van der Waals surface area (Å²) in [4.78, 5) is 28.3. The summed E-state index contributed by atoms with van der Waals surface area (Å²) in [6.45, 7) is 2.82. The third-order valence-corrected chi connectivity index (χ3v) is 5.44. The summed E-state index contributed by atoms with van der Waals surface area (Å²) in [7, 11) is 5.15. The Bertz CT molecular complexity index is 859. The van der Waals surface area contributed by atoms with Crippen LogP contribution in [0.5, 0.6) is 5.75 Å². The van der Waals surface area contributed by atoms with E-state index in [0.29, 0.717) is 18.4 Å². The quantitative estimate of drug-likeness (QED) is 0.798. The molecule has 5 nitrogen and oxygen atoms in total. The van der Waals surface area contributed by atoms with Crippen LogP contribution in [0.2, 0.25) is 0 Å². The lowest BCUT2D eigenvalue weighted by atomic mass is 9.93. The zero-order chi connectivity index (χ0) is 20.3. The fraction of sp³-hybridized carbons (Fsp3) is 0.391. The summed E-state index contributed by atoms with van der Waals surface area (Å²) in [6.07, 6.45) is 1.99. The number of ether oxygens (including phenoxy) is 1. The number of carbonyl (C=O) groups is 2. The Kier molecular flexibility index (Phi) is 6.02. The van der Waals surface area contributed by atoms with Crippen molar-refractivity contribution in [3.63, 3.8) is 0 Å². The minimum absolute atomic E-state index is 0.0138. The molecule has 2 aromatic rings. The van der Waals surface area contributed by atoms with Gasteiger partial charge in [-0.15, -0.1) is 0 Å². The Morgan fingerprint density at radius 3 is 2.50 bits per heavy atom. The molecule has 0 saturated carbocycles. The van der Waals surface area contributed by atoms with Crippen molar-refractivity contribution in [3.8, 4) is 5.75 Å². The van der Waals surface area contributed by atoms with E-state index >= 15 is 0 Å². The predicted octanol–water partition coefficient (Wildman–Crippen LogP) is 3.48. The van der Waals surface area contributed by atoms with E-state index in [4.69, 9.17) is 4.74 Å². The fourth-order valence-corrected chi connectivity index (χ4v) is 3.74. The summed E-state index contributed by atoms with van der Waals surface area (Å²) in [5, 5.41) is 0. The summed E-state index contributed by atoms with van der Waals surface area (Å²) in [6, 6.07) is 13.7. The SMILES string of the molecule is COc1ccc2c(c1)CCN(C(=O)CCc1ccc(C(=O)N(C)C)cc1)C2C. The molecular weight excluding hydrogens is 352 g/mol. The van der Waals surface area contributed by atoms with Gasteiger partial charge in [0, 0.05) is 32.6 Å². The largest absolute Gasteiger partial charge is 0.497 e. The maximum absolute atomic E-state index is 12.8. The van der Waals surface area contributed by atoms with Gasteiger partial charge in [-0.3, -0.25) is 9.59 Å². The number of benzene rings is 2. The molecule has 1 aliphatic heterocycles. The van der Waals surface area contributed by atoms with E-state index in [-0.39, 0.29) is 17.9 Å². The molecule has 3 rings (SSSR count). The van der Waals surface area contributed by atoms with Gasteiger partial charge in [-0.25, -0.2) is 0 Å². The first-order valence-electron chi connectivity index (χ1n) is 9.67. The first-order valence-corrected chi connectivity index (χ1v) is 9.67. The molecule has 28 heavy (non-hydrogen) atoms. The second-order valence-corrected chi connectivity index (χ2v) is 7.47. The maximum Gasteiger partial charge on any atom is 0.253 e. The van der Waals surface area contributed by atoms with Gasteiger partial charge in [0.05, 0.1) is 13.2 Å². The molecule has 5 heteroatoms. The molecule has 1 aliphatic rings.